The van der Waals surface area contributed by atoms with Gasteiger partial charge in [-0.05, 0) is 42.0 Å². The number of carbonyl (C=O) groups excluding carboxylic acids is 1. The van der Waals surface area contributed by atoms with Crippen molar-refractivity contribution < 1.29 is 27.9 Å². The van der Waals surface area contributed by atoms with Gasteiger partial charge >= 0.3 is 6.09 Å². The Labute approximate surface area is 208 Å². The minimum absolute atomic E-state index is 0.00610. The van der Waals surface area contributed by atoms with E-state index in [1.807, 2.05) is 31.2 Å². The first kappa shape index (κ1) is 26.0. The largest absolute Gasteiger partial charge is 0.481 e. The first-order chi connectivity index (χ1) is 16.3. The second-order valence-corrected chi connectivity index (χ2v) is 10.9. The van der Waals surface area contributed by atoms with E-state index in [1.54, 1.807) is 12.1 Å². The number of benzene rings is 2. The summed E-state index contributed by atoms with van der Waals surface area (Å²) in [7, 11) is -4.09. The van der Waals surface area contributed by atoms with Crippen molar-refractivity contribution in [2.24, 2.45) is 0 Å². The molecule has 0 aromatic heterocycles. The number of hydrogen-bond donors (Lipinski definition) is 2. The van der Waals surface area contributed by atoms with Crippen LogP contribution in [-0.2, 0) is 21.1 Å². The van der Waals surface area contributed by atoms with Gasteiger partial charge in [-0.2, -0.15) is 0 Å². The molecule has 0 radical (unpaired) electrons. The minimum atomic E-state index is -4.09. The van der Waals surface area contributed by atoms with Crippen LogP contribution in [0.25, 0.3) is 0 Å². The maximum atomic E-state index is 13.6. The van der Waals surface area contributed by atoms with E-state index in [0.29, 0.717) is 25.4 Å². The highest BCUT2D eigenvalue weighted by molar-refractivity contribution is 9.10. The number of rotatable bonds is 7. The van der Waals surface area contributed by atoms with Crippen molar-refractivity contribution in [1.29, 1.82) is 0 Å². The Bertz CT molecular complexity index is 1130. The molecule has 0 saturated carbocycles. The Morgan fingerprint density at radius 2 is 1.76 bits per heavy atom. The van der Waals surface area contributed by atoms with E-state index in [1.165, 1.54) is 17.6 Å². The average Bonchev–Trinajstić information content (AvgIpc) is 2.84. The summed E-state index contributed by atoms with van der Waals surface area (Å²) in [4.78, 5) is 12.2. The van der Waals surface area contributed by atoms with Crippen molar-refractivity contribution in [2.45, 2.75) is 42.6 Å². The van der Waals surface area contributed by atoms with Crippen LogP contribution < -0.4 is 10.2 Å². The quantitative estimate of drug-likeness (QED) is 0.303. The number of likely N-dealkylation sites (tertiary alicyclic amines) is 1. The second kappa shape index (κ2) is 11.7. The summed E-state index contributed by atoms with van der Waals surface area (Å²) in [6.45, 7) is 3.57. The summed E-state index contributed by atoms with van der Waals surface area (Å²) in [5.74, 6) is 6.23. The normalized spacial score (nSPS) is 15.6. The molecule has 2 aromatic carbocycles. The lowest BCUT2D eigenvalue weighted by atomic mass is 10.1. The predicted molar refractivity (Wildman–Crippen MR) is 130 cm³/mol. The molecule has 0 bridgehead atoms. The molecule has 2 aromatic rings. The number of hydroxylamine groups is 1. The van der Waals surface area contributed by atoms with Crippen molar-refractivity contribution in [3.05, 3.63) is 58.6 Å². The lowest BCUT2D eigenvalue weighted by Crippen LogP contribution is -2.52. The molecule has 1 fully saturated rings. The summed E-state index contributed by atoms with van der Waals surface area (Å²) >= 11 is 3.41. The lowest BCUT2D eigenvalue weighted by Gasteiger charge is -2.40. The van der Waals surface area contributed by atoms with Gasteiger partial charge in [-0.15, -0.1) is 5.92 Å². The molecule has 0 atom stereocenters. The van der Waals surface area contributed by atoms with E-state index in [0.717, 1.165) is 16.5 Å². The van der Waals surface area contributed by atoms with Crippen LogP contribution in [0.4, 0.5) is 4.79 Å². The van der Waals surface area contributed by atoms with Gasteiger partial charge in [-0.1, -0.05) is 40.9 Å². The zero-order chi connectivity index (χ0) is 24.6. The third kappa shape index (κ3) is 6.30. The predicted octanol–water partition coefficient (Wildman–Crippen LogP) is 4.12. The summed E-state index contributed by atoms with van der Waals surface area (Å²) in [5, 5.41) is 8.98. The van der Waals surface area contributed by atoms with Crippen LogP contribution in [0.1, 0.15) is 31.7 Å². The molecule has 1 aliphatic heterocycles. The third-order valence-electron chi connectivity index (χ3n) is 5.54. The van der Waals surface area contributed by atoms with E-state index in [-0.39, 0.29) is 24.3 Å². The highest BCUT2D eigenvalue weighted by atomic mass is 79.9. The Morgan fingerprint density at radius 3 is 2.35 bits per heavy atom. The van der Waals surface area contributed by atoms with Crippen LogP contribution in [0.5, 0.6) is 5.75 Å². The van der Waals surface area contributed by atoms with Crippen LogP contribution in [0.3, 0.4) is 0 Å². The van der Waals surface area contributed by atoms with E-state index in [9.17, 15) is 13.2 Å². The lowest BCUT2D eigenvalue weighted by molar-refractivity contribution is 0.000287. The Balaban J connectivity index is 1.77. The number of carbonyl (C=O) groups is 1. The van der Waals surface area contributed by atoms with E-state index < -0.39 is 20.9 Å². The van der Waals surface area contributed by atoms with Crippen molar-refractivity contribution >= 4 is 31.9 Å². The number of sulfone groups is 1. The Hall–Kier alpha value is -2.58. The van der Waals surface area contributed by atoms with Gasteiger partial charge in [0.05, 0.1) is 4.90 Å². The monoisotopic (exact) mass is 550 g/mol. The molecule has 1 amide bonds. The number of amides is 1. The van der Waals surface area contributed by atoms with Crippen molar-refractivity contribution in [2.75, 3.05) is 19.7 Å². The van der Waals surface area contributed by atoms with Gasteiger partial charge < -0.3 is 9.47 Å². The molecule has 3 rings (SSSR count). The second-order valence-electron chi connectivity index (χ2n) is 7.79. The van der Waals surface area contributed by atoms with Crippen LogP contribution in [0.15, 0.2) is 57.9 Å². The molecule has 2 N–H and O–H groups in total. The average molecular weight is 551 g/mol. The number of ether oxygens (including phenoxy) is 2. The molecule has 10 heteroatoms. The fraction of sp³-hybridized carbons (Fsp3) is 0.375. The van der Waals surface area contributed by atoms with Crippen molar-refractivity contribution in [1.82, 2.24) is 10.4 Å². The van der Waals surface area contributed by atoms with Gasteiger partial charge in [-0.3, -0.25) is 10.1 Å². The van der Waals surface area contributed by atoms with Crippen LogP contribution in [0.2, 0.25) is 0 Å². The van der Waals surface area contributed by atoms with Crippen molar-refractivity contribution in [3.63, 3.8) is 0 Å². The van der Waals surface area contributed by atoms with Gasteiger partial charge in [0.25, 0.3) is 0 Å². The third-order valence-corrected chi connectivity index (χ3v) is 8.44. The molecule has 0 aliphatic carbocycles. The number of nitrogens with zero attached hydrogens (tertiary/aromatic N) is 1. The highest BCUT2D eigenvalue weighted by Gasteiger charge is 2.50. The molecule has 0 spiro atoms. The van der Waals surface area contributed by atoms with Gasteiger partial charge in [-0.25, -0.2) is 18.7 Å². The van der Waals surface area contributed by atoms with Crippen LogP contribution in [-0.4, -0.2) is 49.2 Å². The fourth-order valence-electron chi connectivity index (χ4n) is 3.74. The summed E-state index contributed by atoms with van der Waals surface area (Å²) in [5.41, 5.74) is 2.47. The standard InChI is InChI=1S/C24H27BrN2O6S/c1-2-3-4-17-32-21-9-11-22(12-10-21)34(30,31)24(33-23(28)26-29)13-15-27(16-14-24)18-19-5-7-20(25)8-6-19/h5-12,29H,2,13-18H2,1H3,(H,26,28). The molecular formula is C24H27BrN2O6S. The molecule has 1 aliphatic rings. The molecular weight excluding hydrogens is 524 g/mol. The van der Waals surface area contributed by atoms with Gasteiger partial charge in [0, 0.05) is 43.4 Å². The molecule has 0 unspecified atom stereocenters. The smallest absolute Gasteiger partial charge is 0.432 e. The molecule has 1 heterocycles. The van der Waals surface area contributed by atoms with E-state index in [2.05, 4.69) is 32.7 Å². The zero-order valence-corrected chi connectivity index (χ0v) is 21.2. The van der Waals surface area contributed by atoms with Gasteiger partial charge in [0.1, 0.15) is 12.4 Å². The maximum Gasteiger partial charge on any atom is 0.432 e. The van der Waals surface area contributed by atoms with Gasteiger partial charge in [0.2, 0.25) is 14.8 Å². The summed E-state index contributed by atoms with van der Waals surface area (Å²) < 4.78 is 39.0. The number of hydrogen-bond acceptors (Lipinski definition) is 7. The van der Waals surface area contributed by atoms with Crippen LogP contribution >= 0.6 is 15.9 Å². The number of halogens is 1. The number of piperidine rings is 1. The zero-order valence-electron chi connectivity index (χ0n) is 18.8. The summed E-state index contributed by atoms with van der Waals surface area (Å²) in [6.07, 6.45) is -0.363. The first-order valence-corrected chi connectivity index (χ1v) is 13.1. The Kier molecular flexibility index (Phi) is 8.97. The SMILES string of the molecule is CCC#CCOc1ccc(S(=O)(=O)C2(OC(=O)NO)CCN(Cc3ccc(Br)cc3)CC2)cc1. The minimum Gasteiger partial charge on any atom is -0.481 e. The van der Waals surface area contributed by atoms with E-state index >= 15 is 0 Å². The highest BCUT2D eigenvalue weighted by Crippen LogP contribution is 2.37. The van der Waals surface area contributed by atoms with Gasteiger partial charge in [0.15, 0.2) is 0 Å². The number of nitrogens with one attached hydrogen (secondary N) is 1. The molecule has 34 heavy (non-hydrogen) atoms. The van der Waals surface area contributed by atoms with Crippen LogP contribution in [0, 0.1) is 11.8 Å². The first-order valence-electron chi connectivity index (χ1n) is 10.8. The summed E-state index contributed by atoms with van der Waals surface area (Å²) in [6, 6.07) is 13.8. The van der Waals surface area contributed by atoms with Crippen molar-refractivity contribution in [3.8, 4) is 17.6 Å². The molecule has 182 valence electrons. The van der Waals surface area contributed by atoms with E-state index in [4.69, 9.17) is 14.7 Å². The Morgan fingerprint density at radius 1 is 1.12 bits per heavy atom. The molecule has 1 saturated heterocycles. The molecule has 8 nitrogen and oxygen atoms in total. The topological polar surface area (TPSA) is 105 Å². The maximum absolute atomic E-state index is 13.6. The fourth-order valence-corrected chi connectivity index (χ4v) is 5.84.